The quantitative estimate of drug-likeness (QED) is 0.711. The van der Waals surface area contributed by atoms with Crippen LogP contribution >= 0.6 is 0 Å². The molecule has 0 heterocycles. The second-order valence-corrected chi connectivity index (χ2v) is 2.92. The number of rotatable bonds is 2. The number of nitrogens with one attached hydrogen (secondary N) is 1. The molecule has 1 aliphatic carbocycles. The van der Waals surface area contributed by atoms with Crippen LogP contribution in [-0.4, -0.2) is 18.6 Å². The Labute approximate surface area is 73.8 Å². The number of halogens is 3. The van der Waals surface area contributed by atoms with E-state index in [4.69, 9.17) is 0 Å². The van der Waals surface area contributed by atoms with E-state index >= 15 is 0 Å². The molecule has 1 aliphatic rings. The van der Waals surface area contributed by atoms with Gasteiger partial charge in [0.25, 0.3) is 0 Å². The van der Waals surface area contributed by atoms with Crippen molar-refractivity contribution in [3.8, 4) is 0 Å². The molecule has 0 saturated carbocycles. The molecule has 0 aliphatic heterocycles. The topological polar surface area (TPSA) is 29.1 Å². The summed E-state index contributed by atoms with van der Waals surface area (Å²) in [7, 11) is 0. The SMILES string of the molecule is O=C(NCC(F)(F)F)C1=CCCC1. The molecule has 0 atom stereocenters. The van der Waals surface area contributed by atoms with Crippen molar-refractivity contribution in [3.63, 3.8) is 0 Å². The van der Waals surface area contributed by atoms with Gasteiger partial charge in [-0.2, -0.15) is 13.2 Å². The van der Waals surface area contributed by atoms with E-state index in [0.717, 1.165) is 12.8 Å². The molecule has 5 heteroatoms. The van der Waals surface area contributed by atoms with Crippen LogP contribution in [0.4, 0.5) is 13.2 Å². The molecule has 0 radical (unpaired) electrons. The van der Waals surface area contributed by atoms with Gasteiger partial charge < -0.3 is 5.32 Å². The van der Waals surface area contributed by atoms with Crippen LogP contribution in [0.5, 0.6) is 0 Å². The van der Waals surface area contributed by atoms with Gasteiger partial charge in [-0.15, -0.1) is 0 Å². The lowest BCUT2D eigenvalue weighted by atomic mass is 10.2. The summed E-state index contributed by atoms with van der Waals surface area (Å²) in [6, 6.07) is 0. The van der Waals surface area contributed by atoms with Gasteiger partial charge >= 0.3 is 6.18 Å². The molecule has 0 aromatic heterocycles. The number of allylic oxidation sites excluding steroid dienone is 1. The molecular weight excluding hydrogens is 183 g/mol. The molecule has 74 valence electrons. The Hall–Kier alpha value is -1.00. The van der Waals surface area contributed by atoms with E-state index in [-0.39, 0.29) is 0 Å². The van der Waals surface area contributed by atoms with Crippen LogP contribution in [0, 0.1) is 0 Å². The number of hydrogen-bond donors (Lipinski definition) is 1. The molecule has 1 amide bonds. The fourth-order valence-corrected chi connectivity index (χ4v) is 1.17. The van der Waals surface area contributed by atoms with Gasteiger partial charge in [0.05, 0.1) is 0 Å². The zero-order valence-electron chi connectivity index (χ0n) is 6.95. The van der Waals surface area contributed by atoms with Crippen molar-refractivity contribution in [2.75, 3.05) is 6.54 Å². The van der Waals surface area contributed by atoms with E-state index < -0.39 is 18.6 Å². The summed E-state index contributed by atoms with van der Waals surface area (Å²) in [4.78, 5) is 11.0. The van der Waals surface area contributed by atoms with Crippen molar-refractivity contribution in [3.05, 3.63) is 11.6 Å². The highest BCUT2D eigenvalue weighted by molar-refractivity contribution is 5.93. The Morgan fingerprint density at radius 3 is 2.69 bits per heavy atom. The second kappa shape index (κ2) is 3.81. The highest BCUT2D eigenvalue weighted by Gasteiger charge is 2.28. The lowest BCUT2D eigenvalue weighted by Crippen LogP contribution is -2.34. The van der Waals surface area contributed by atoms with Gasteiger partial charge in [0.1, 0.15) is 6.54 Å². The third-order valence-corrected chi connectivity index (χ3v) is 1.78. The zero-order valence-corrected chi connectivity index (χ0v) is 6.95. The maximum Gasteiger partial charge on any atom is 0.405 e. The molecule has 1 N–H and O–H groups in total. The van der Waals surface area contributed by atoms with Gasteiger partial charge in [-0.05, 0) is 19.3 Å². The third-order valence-electron chi connectivity index (χ3n) is 1.78. The van der Waals surface area contributed by atoms with E-state index in [0.29, 0.717) is 12.0 Å². The number of carbonyl (C=O) groups is 1. The molecule has 1 rings (SSSR count). The minimum atomic E-state index is -4.32. The average molecular weight is 193 g/mol. The maximum atomic E-state index is 11.7. The van der Waals surface area contributed by atoms with Gasteiger partial charge in [-0.1, -0.05) is 6.08 Å². The van der Waals surface area contributed by atoms with Crippen LogP contribution < -0.4 is 5.32 Å². The second-order valence-electron chi connectivity index (χ2n) is 2.92. The fourth-order valence-electron chi connectivity index (χ4n) is 1.17. The molecule has 0 aromatic carbocycles. The smallest absolute Gasteiger partial charge is 0.343 e. The Kier molecular flexibility index (Phi) is 2.95. The summed E-state index contributed by atoms with van der Waals surface area (Å²) in [5.74, 6) is -0.588. The van der Waals surface area contributed by atoms with Crippen LogP contribution in [0.1, 0.15) is 19.3 Å². The van der Waals surface area contributed by atoms with Gasteiger partial charge in [0.15, 0.2) is 0 Å². The lowest BCUT2D eigenvalue weighted by Gasteiger charge is -2.08. The Balaban J connectivity index is 2.33. The van der Waals surface area contributed by atoms with Crippen molar-refractivity contribution in [1.82, 2.24) is 5.32 Å². The minimum absolute atomic E-state index is 0.476. The van der Waals surface area contributed by atoms with Gasteiger partial charge in [-0.25, -0.2) is 0 Å². The van der Waals surface area contributed by atoms with Crippen LogP contribution in [0.2, 0.25) is 0 Å². The first-order valence-electron chi connectivity index (χ1n) is 4.03. The van der Waals surface area contributed by atoms with Crippen LogP contribution in [0.3, 0.4) is 0 Å². The van der Waals surface area contributed by atoms with E-state index in [1.54, 1.807) is 6.08 Å². The number of hydrogen-bond acceptors (Lipinski definition) is 1. The molecule has 0 unspecified atom stereocenters. The van der Waals surface area contributed by atoms with Crippen LogP contribution in [0.15, 0.2) is 11.6 Å². The van der Waals surface area contributed by atoms with Crippen molar-refractivity contribution in [1.29, 1.82) is 0 Å². The molecule has 0 spiro atoms. The summed E-state index contributed by atoms with van der Waals surface area (Å²) in [6.45, 7) is -1.25. The minimum Gasteiger partial charge on any atom is -0.343 e. The molecule has 13 heavy (non-hydrogen) atoms. The number of amides is 1. The van der Waals surface area contributed by atoms with E-state index in [1.165, 1.54) is 0 Å². The van der Waals surface area contributed by atoms with Gasteiger partial charge in [-0.3, -0.25) is 4.79 Å². The Morgan fingerprint density at radius 2 is 2.23 bits per heavy atom. The van der Waals surface area contributed by atoms with E-state index in [9.17, 15) is 18.0 Å². The van der Waals surface area contributed by atoms with E-state index in [2.05, 4.69) is 0 Å². The molecule has 0 aromatic rings. The van der Waals surface area contributed by atoms with E-state index in [1.807, 2.05) is 5.32 Å². The Morgan fingerprint density at radius 1 is 1.54 bits per heavy atom. The normalized spacial score (nSPS) is 17.0. The first-order valence-corrected chi connectivity index (χ1v) is 4.03. The highest BCUT2D eigenvalue weighted by atomic mass is 19.4. The lowest BCUT2D eigenvalue weighted by molar-refractivity contribution is -0.136. The number of alkyl halides is 3. The first-order chi connectivity index (χ1) is 5.99. The first kappa shape index (κ1) is 10.1. The average Bonchev–Trinajstić information content (AvgIpc) is 2.50. The largest absolute Gasteiger partial charge is 0.405 e. The number of carbonyl (C=O) groups excluding carboxylic acids is 1. The van der Waals surface area contributed by atoms with Gasteiger partial charge in [0, 0.05) is 5.57 Å². The maximum absolute atomic E-state index is 11.7. The summed E-state index contributed by atoms with van der Waals surface area (Å²) >= 11 is 0. The molecule has 0 bridgehead atoms. The molecule has 2 nitrogen and oxygen atoms in total. The predicted octanol–water partition coefficient (Wildman–Crippen LogP) is 1.78. The van der Waals surface area contributed by atoms with Gasteiger partial charge in [0.2, 0.25) is 5.91 Å². The zero-order chi connectivity index (χ0) is 9.90. The van der Waals surface area contributed by atoms with Crippen molar-refractivity contribution < 1.29 is 18.0 Å². The van der Waals surface area contributed by atoms with Crippen LogP contribution in [-0.2, 0) is 4.79 Å². The summed E-state index contributed by atoms with van der Waals surface area (Å²) in [5, 5.41) is 1.83. The fraction of sp³-hybridized carbons (Fsp3) is 0.625. The third kappa shape index (κ3) is 3.48. The predicted molar refractivity (Wildman–Crippen MR) is 41.0 cm³/mol. The van der Waals surface area contributed by atoms with Crippen molar-refractivity contribution >= 4 is 5.91 Å². The summed E-state index contributed by atoms with van der Waals surface area (Å²) in [6.07, 6.45) is -0.409. The molecular formula is C8H10F3NO. The monoisotopic (exact) mass is 193 g/mol. The van der Waals surface area contributed by atoms with Crippen molar-refractivity contribution in [2.24, 2.45) is 0 Å². The standard InChI is InChI=1S/C8H10F3NO/c9-8(10,11)5-12-7(13)6-3-1-2-4-6/h3H,1-2,4-5H2,(H,12,13). The summed E-state index contributed by atoms with van der Waals surface area (Å²) in [5.41, 5.74) is 0.476. The Bertz CT molecular complexity index is 232. The highest BCUT2D eigenvalue weighted by Crippen LogP contribution is 2.18. The molecule has 0 fully saturated rings. The summed E-state index contributed by atoms with van der Waals surface area (Å²) < 4.78 is 35.0. The molecule has 0 saturated heterocycles. The van der Waals surface area contributed by atoms with Crippen LogP contribution in [0.25, 0.3) is 0 Å². The van der Waals surface area contributed by atoms with Crippen molar-refractivity contribution in [2.45, 2.75) is 25.4 Å².